The Bertz CT molecular complexity index is 1060. The van der Waals surface area contributed by atoms with E-state index in [4.69, 9.17) is 4.42 Å². The van der Waals surface area contributed by atoms with Crippen molar-refractivity contribution in [1.29, 1.82) is 0 Å². The van der Waals surface area contributed by atoms with Gasteiger partial charge in [0.1, 0.15) is 23.2 Å². The van der Waals surface area contributed by atoms with Gasteiger partial charge in [0.25, 0.3) is 5.91 Å². The van der Waals surface area contributed by atoms with Crippen LogP contribution in [0.3, 0.4) is 0 Å². The lowest BCUT2D eigenvalue weighted by Crippen LogP contribution is -2.30. The van der Waals surface area contributed by atoms with Gasteiger partial charge in [0.05, 0.1) is 6.54 Å². The molecule has 2 aliphatic heterocycles. The van der Waals surface area contributed by atoms with E-state index in [9.17, 15) is 9.18 Å². The number of amides is 1. The van der Waals surface area contributed by atoms with Crippen LogP contribution in [0.1, 0.15) is 45.9 Å². The molecule has 8 heteroatoms. The minimum atomic E-state index is -0.293. The third-order valence-corrected chi connectivity index (χ3v) is 6.10. The van der Waals surface area contributed by atoms with Gasteiger partial charge in [-0.25, -0.2) is 4.39 Å². The van der Waals surface area contributed by atoms with Crippen LogP contribution >= 0.6 is 0 Å². The van der Waals surface area contributed by atoms with Gasteiger partial charge in [-0.05, 0) is 49.1 Å². The van der Waals surface area contributed by atoms with Crippen LogP contribution in [0.15, 0.2) is 40.8 Å². The first-order valence-corrected chi connectivity index (χ1v) is 10.3. The summed E-state index contributed by atoms with van der Waals surface area (Å²) in [5.74, 6) is 3.42. The van der Waals surface area contributed by atoms with E-state index in [0.29, 0.717) is 18.3 Å². The Morgan fingerprint density at radius 2 is 2.03 bits per heavy atom. The highest BCUT2D eigenvalue weighted by molar-refractivity contribution is 5.90. The Kier molecular flexibility index (Phi) is 4.86. The van der Waals surface area contributed by atoms with E-state index in [1.54, 1.807) is 12.1 Å². The van der Waals surface area contributed by atoms with Crippen LogP contribution in [-0.2, 0) is 19.6 Å². The number of fused-ring (bicyclic) bond motifs is 3. The molecule has 1 amide bonds. The van der Waals surface area contributed by atoms with Crippen molar-refractivity contribution in [3.63, 3.8) is 0 Å². The van der Waals surface area contributed by atoms with Gasteiger partial charge >= 0.3 is 0 Å². The number of nitrogens with one attached hydrogen (secondary N) is 1. The molecule has 2 aromatic heterocycles. The molecule has 0 saturated carbocycles. The molecule has 1 saturated heterocycles. The summed E-state index contributed by atoms with van der Waals surface area (Å²) in [6, 6.07) is 10.1. The van der Waals surface area contributed by atoms with E-state index < -0.39 is 0 Å². The topological polar surface area (TPSA) is 76.2 Å². The Morgan fingerprint density at radius 3 is 2.80 bits per heavy atom. The van der Waals surface area contributed by atoms with Gasteiger partial charge in [-0.3, -0.25) is 9.69 Å². The van der Waals surface area contributed by atoms with Crippen molar-refractivity contribution in [1.82, 2.24) is 25.0 Å². The summed E-state index contributed by atoms with van der Waals surface area (Å²) in [4.78, 5) is 15.1. The maximum atomic E-state index is 13.0. The van der Waals surface area contributed by atoms with Crippen molar-refractivity contribution in [3.05, 3.63) is 70.9 Å². The zero-order valence-corrected chi connectivity index (χ0v) is 16.8. The lowest BCUT2D eigenvalue weighted by Gasteiger charge is -2.25. The van der Waals surface area contributed by atoms with Crippen LogP contribution < -0.4 is 5.32 Å². The molecule has 4 heterocycles. The number of rotatable bonds is 5. The number of carbonyl (C=O) groups excluding carboxylic acids is 1. The number of hydrogen-bond donors (Lipinski definition) is 1. The van der Waals surface area contributed by atoms with Crippen LogP contribution in [0.25, 0.3) is 0 Å². The van der Waals surface area contributed by atoms with E-state index in [0.717, 1.165) is 55.5 Å². The summed E-state index contributed by atoms with van der Waals surface area (Å²) < 4.78 is 20.7. The Hall–Kier alpha value is -3.00. The second kappa shape index (κ2) is 7.68. The van der Waals surface area contributed by atoms with Crippen molar-refractivity contribution in [2.45, 2.75) is 38.9 Å². The molecule has 0 spiro atoms. The lowest BCUT2D eigenvalue weighted by atomic mass is 9.89. The second-order valence-electron chi connectivity index (χ2n) is 8.20. The molecule has 2 aliphatic rings. The predicted octanol–water partition coefficient (Wildman–Crippen LogP) is 2.87. The molecule has 1 N–H and O–H groups in total. The number of hydrogen-bond acceptors (Lipinski definition) is 5. The molecule has 1 aromatic carbocycles. The summed E-state index contributed by atoms with van der Waals surface area (Å²) in [5, 5.41) is 11.5. The molecule has 1 fully saturated rings. The van der Waals surface area contributed by atoms with Crippen LogP contribution in [-0.4, -0.2) is 38.7 Å². The van der Waals surface area contributed by atoms with Crippen LogP contribution in [0, 0.1) is 18.7 Å². The van der Waals surface area contributed by atoms with E-state index in [2.05, 4.69) is 20.4 Å². The molecular weight excluding hydrogens is 385 g/mol. The van der Waals surface area contributed by atoms with E-state index >= 15 is 0 Å². The number of aromatic nitrogens is 3. The standard InChI is InChI=1S/C22H24FN5O2/c1-14-2-7-18(30-14)12-27-11-16-8-9-28-20(19(16)13-27)25-26-21(28)22(29)24-10-15-3-5-17(23)6-4-15/h2-7,16,19H,8-13H2,1H3,(H,24,29)/t16-,19-/m1/s1. The molecule has 0 bridgehead atoms. The van der Waals surface area contributed by atoms with Gasteiger partial charge in [-0.1, -0.05) is 12.1 Å². The van der Waals surface area contributed by atoms with Crippen molar-refractivity contribution in [2.24, 2.45) is 5.92 Å². The number of carbonyl (C=O) groups is 1. The normalized spacial score (nSPS) is 20.7. The molecule has 5 rings (SSSR count). The summed E-state index contributed by atoms with van der Waals surface area (Å²) in [7, 11) is 0. The van der Waals surface area contributed by atoms with Gasteiger partial charge < -0.3 is 14.3 Å². The molecule has 30 heavy (non-hydrogen) atoms. The third kappa shape index (κ3) is 3.63. The van der Waals surface area contributed by atoms with Gasteiger partial charge in [0.15, 0.2) is 0 Å². The smallest absolute Gasteiger partial charge is 0.289 e. The summed E-state index contributed by atoms with van der Waals surface area (Å²) in [6.07, 6.45) is 1.00. The molecule has 0 aliphatic carbocycles. The van der Waals surface area contributed by atoms with Gasteiger partial charge in [0, 0.05) is 32.1 Å². The molecular formula is C22H24FN5O2. The predicted molar refractivity (Wildman–Crippen MR) is 107 cm³/mol. The summed E-state index contributed by atoms with van der Waals surface area (Å²) >= 11 is 0. The van der Waals surface area contributed by atoms with Crippen molar-refractivity contribution in [2.75, 3.05) is 13.1 Å². The van der Waals surface area contributed by atoms with Crippen LogP contribution in [0.5, 0.6) is 0 Å². The first-order valence-electron chi connectivity index (χ1n) is 10.3. The molecule has 0 unspecified atom stereocenters. The maximum Gasteiger partial charge on any atom is 0.289 e. The van der Waals surface area contributed by atoms with Crippen molar-refractivity contribution >= 4 is 5.91 Å². The zero-order valence-electron chi connectivity index (χ0n) is 16.8. The summed E-state index contributed by atoms with van der Waals surface area (Å²) in [6.45, 7) is 5.71. The number of benzene rings is 1. The average Bonchev–Trinajstić information content (AvgIpc) is 3.44. The van der Waals surface area contributed by atoms with Gasteiger partial charge in [-0.2, -0.15) is 0 Å². The highest BCUT2D eigenvalue weighted by Crippen LogP contribution is 2.38. The Balaban J connectivity index is 1.26. The number of nitrogens with zero attached hydrogens (tertiary/aromatic N) is 4. The molecule has 2 atom stereocenters. The average molecular weight is 409 g/mol. The van der Waals surface area contributed by atoms with Crippen LogP contribution in [0.4, 0.5) is 4.39 Å². The van der Waals surface area contributed by atoms with Gasteiger partial charge in [-0.15, -0.1) is 10.2 Å². The quantitative estimate of drug-likeness (QED) is 0.701. The first-order chi connectivity index (χ1) is 14.6. The molecule has 156 valence electrons. The SMILES string of the molecule is Cc1ccc(CN2C[C@H]3CCn4c(C(=O)NCc5ccc(F)cc5)nnc4[C@@H]3C2)o1. The number of aryl methyl sites for hydroxylation is 1. The lowest BCUT2D eigenvalue weighted by molar-refractivity contribution is 0.0933. The number of furan rings is 1. The minimum absolute atomic E-state index is 0.252. The third-order valence-electron chi connectivity index (χ3n) is 6.10. The second-order valence-corrected chi connectivity index (χ2v) is 8.20. The fraction of sp³-hybridized carbons (Fsp3) is 0.409. The molecule has 0 radical (unpaired) electrons. The maximum absolute atomic E-state index is 13.0. The van der Waals surface area contributed by atoms with Crippen molar-refractivity contribution < 1.29 is 13.6 Å². The van der Waals surface area contributed by atoms with Gasteiger partial charge in [0.2, 0.25) is 5.82 Å². The number of likely N-dealkylation sites (tertiary alicyclic amines) is 1. The van der Waals surface area contributed by atoms with E-state index in [1.807, 2.05) is 23.6 Å². The van der Waals surface area contributed by atoms with Crippen LogP contribution in [0.2, 0.25) is 0 Å². The monoisotopic (exact) mass is 409 g/mol. The van der Waals surface area contributed by atoms with Crippen molar-refractivity contribution in [3.8, 4) is 0 Å². The largest absolute Gasteiger partial charge is 0.465 e. The Morgan fingerprint density at radius 1 is 1.20 bits per heavy atom. The highest BCUT2D eigenvalue weighted by atomic mass is 19.1. The summed E-state index contributed by atoms with van der Waals surface area (Å²) in [5.41, 5.74) is 0.836. The molecule has 7 nitrogen and oxygen atoms in total. The number of halogens is 1. The Labute approximate surface area is 173 Å². The minimum Gasteiger partial charge on any atom is -0.465 e. The van der Waals surface area contributed by atoms with E-state index in [1.165, 1.54) is 12.1 Å². The fourth-order valence-electron chi connectivity index (χ4n) is 4.60. The first kappa shape index (κ1) is 19.0. The molecule has 3 aromatic rings. The van der Waals surface area contributed by atoms with E-state index in [-0.39, 0.29) is 17.6 Å². The highest BCUT2D eigenvalue weighted by Gasteiger charge is 2.40. The fourth-order valence-corrected chi connectivity index (χ4v) is 4.60. The zero-order chi connectivity index (χ0) is 20.7.